The first kappa shape index (κ1) is 58.3. The van der Waals surface area contributed by atoms with E-state index in [4.69, 9.17) is 4.74 Å². The molecule has 352 valence electrons. The van der Waals surface area contributed by atoms with Crippen LogP contribution in [0.15, 0.2) is 72.9 Å². The minimum atomic E-state index is -0.799. The van der Waals surface area contributed by atoms with Gasteiger partial charge in [-0.25, -0.2) is 0 Å². The van der Waals surface area contributed by atoms with Gasteiger partial charge in [0, 0.05) is 6.42 Å². The SMILES string of the molecule is CC/C=C/C/C=C/C/C=C/C/C=C/CCCCCC(=O)OC(CCCCCCC/C=C\C/C=C\CCCCC)CC(=O)NC(CO)C(O)CCCCCCCCCCCCC. The van der Waals surface area contributed by atoms with E-state index in [9.17, 15) is 19.8 Å². The molecule has 0 aliphatic heterocycles. The molecule has 1 amide bonds. The third-order valence-corrected chi connectivity index (χ3v) is 11.3. The van der Waals surface area contributed by atoms with Crippen LogP contribution in [0.1, 0.15) is 239 Å². The number of hydrogen-bond acceptors (Lipinski definition) is 5. The number of rotatable bonds is 45. The molecule has 0 saturated heterocycles. The predicted molar refractivity (Wildman–Crippen MR) is 264 cm³/mol. The van der Waals surface area contributed by atoms with Crippen molar-refractivity contribution in [1.82, 2.24) is 5.32 Å². The van der Waals surface area contributed by atoms with Crippen molar-refractivity contribution in [3.05, 3.63) is 72.9 Å². The highest BCUT2D eigenvalue weighted by molar-refractivity contribution is 5.77. The maximum absolute atomic E-state index is 13.2. The molecule has 0 aliphatic carbocycles. The Hall–Kier alpha value is -2.70. The lowest BCUT2D eigenvalue weighted by Gasteiger charge is -2.24. The Bertz CT molecular complexity index is 1140. The Morgan fingerprint density at radius 1 is 0.492 bits per heavy atom. The summed E-state index contributed by atoms with van der Waals surface area (Å²) < 4.78 is 5.92. The molecule has 0 aromatic heterocycles. The fourth-order valence-electron chi connectivity index (χ4n) is 7.39. The lowest BCUT2D eigenvalue weighted by Crippen LogP contribution is -2.46. The van der Waals surface area contributed by atoms with Gasteiger partial charge in [-0.15, -0.1) is 0 Å². The normalized spacial score (nSPS) is 13.9. The lowest BCUT2D eigenvalue weighted by molar-refractivity contribution is -0.151. The highest BCUT2D eigenvalue weighted by Gasteiger charge is 2.24. The van der Waals surface area contributed by atoms with Gasteiger partial charge in [-0.2, -0.15) is 0 Å². The lowest BCUT2D eigenvalue weighted by atomic mass is 10.0. The molecule has 0 rings (SSSR count). The molecule has 61 heavy (non-hydrogen) atoms. The number of unbranched alkanes of at least 4 members (excludes halogenated alkanes) is 21. The first-order valence-electron chi connectivity index (χ1n) is 25.7. The first-order valence-corrected chi connectivity index (χ1v) is 25.7. The molecular formula is C55H97NO5. The summed E-state index contributed by atoms with van der Waals surface area (Å²) in [4.78, 5) is 26.1. The van der Waals surface area contributed by atoms with Crippen molar-refractivity contribution in [3.8, 4) is 0 Å². The van der Waals surface area contributed by atoms with Crippen LogP contribution in [0.2, 0.25) is 0 Å². The summed E-state index contributed by atoms with van der Waals surface area (Å²) in [6.07, 6.45) is 61.0. The largest absolute Gasteiger partial charge is 0.462 e. The standard InChI is InChI=1S/C55H97NO5/c1-4-7-10-13-16-19-22-24-26-28-30-33-36-39-42-45-48-55(60)61-51(46-43-40-37-34-32-29-27-25-23-20-17-14-11-8-5-2)49-54(59)56-52(50-57)53(58)47-44-41-38-35-31-21-18-15-12-9-6-3/h7,10,16-17,19-20,24-27,30,33,51-53,57-58H,4-6,8-9,11-15,18,21-23,28-29,31-32,34-50H2,1-3H3,(H,56,59)/b10-7+,19-16+,20-17-,26-24+,27-25-,33-30+. The smallest absolute Gasteiger partial charge is 0.306 e. The van der Waals surface area contributed by atoms with Crippen LogP contribution in [0.3, 0.4) is 0 Å². The zero-order valence-electron chi connectivity index (χ0n) is 40.0. The van der Waals surface area contributed by atoms with Crippen molar-refractivity contribution in [3.63, 3.8) is 0 Å². The number of esters is 1. The number of carbonyl (C=O) groups excluding carboxylic acids is 2. The van der Waals surface area contributed by atoms with Crippen molar-refractivity contribution < 1.29 is 24.5 Å². The van der Waals surface area contributed by atoms with Crippen molar-refractivity contribution in [2.75, 3.05) is 6.61 Å². The van der Waals surface area contributed by atoms with E-state index in [-0.39, 0.29) is 24.9 Å². The highest BCUT2D eigenvalue weighted by Crippen LogP contribution is 2.17. The van der Waals surface area contributed by atoms with E-state index in [2.05, 4.69) is 99.0 Å². The van der Waals surface area contributed by atoms with Gasteiger partial charge in [0.25, 0.3) is 0 Å². The molecule has 3 atom stereocenters. The van der Waals surface area contributed by atoms with E-state index in [1.807, 2.05) is 0 Å². The van der Waals surface area contributed by atoms with Gasteiger partial charge in [0.2, 0.25) is 5.91 Å². The Balaban J connectivity index is 4.68. The molecule has 0 fully saturated rings. The summed E-state index contributed by atoms with van der Waals surface area (Å²) in [5.74, 6) is -0.526. The van der Waals surface area contributed by atoms with Crippen molar-refractivity contribution >= 4 is 11.9 Å². The van der Waals surface area contributed by atoms with Crippen LogP contribution in [0, 0.1) is 0 Å². The number of carbonyl (C=O) groups is 2. The van der Waals surface area contributed by atoms with Gasteiger partial charge in [0.15, 0.2) is 0 Å². The van der Waals surface area contributed by atoms with Gasteiger partial charge < -0.3 is 20.3 Å². The second kappa shape index (κ2) is 48.3. The minimum absolute atomic E-state index is 0.0527. The quantitative estimate of drug-likeness (QED) is 0.0322. The molecule has 0 heterocycles. The van der Waals surface area contributed by atoms with Crippen LogP contribution in [0.25, 0.3) is 0 Å². The second-order valence-corrected chi connectivity index (χ2v) is 17.2. The molecule has 0 radical (unpaired) electrons. The zero-order valence-corrected chi connectivity index (χ0v) is 40.0. The summed E-state index contributed by atoms with van der Waals surface area (Å²) in [5, 5.41) is 23.7. The molecule has 3 N–H and O–H groups in total. The molecular weight excluding hydrogens is 755 g/mol. The molecule has 0 aromatic carbocycles. The molecule has 0 aromatic rings. The molecule has 6 heteroatoms. The van der Waals surface area contributed by atoms with Gasteiger partial charge in [-0.05, 0) is 96.3 Å². The van der Waals surface area contributed by atoms with Crippen molar-refractivity contribution in [2.24, 2.45) is 0 Å². The maximum Gasteiger partial charge on any atom is 0.306 e. The number of amides is 1. The monoisotopic (exact) mass is 852 g/mol. The van der Waals surface area contributed by atoms with Crippen LogP contribution in [0.5, 0.6) is 0 Å². The second-order valence-electron chi connectivity index (χ2n) is 17.2. The zero-order chi connectivity index (χ0) is 44.5. The summed E-state index contributed by atoms with van der Waals surface area (Å²) >= 11 is 0. The molecule has 6 nitrogen and oxygen atoms in total. The molecule has 0 bridgehead atoms. The number of aliphatic hydroxyl groups excluding tert-OH is 2. The van der Waals surface area contributed by atoms with Crippen LogP contribution in [-0.2, 0) is 14.3 Å². The van der Waals surface area contributed by atoms with Gasteiger partial charge >= 0.3 is 5.97 Å². The van der Waals surface area contributed by atoms with Gasteiger partial charge in [0.1, 0.15) is 6.10 Å². The van der Waals surface area contributed by atoms with E-state index in [1.165, 1.54) is 83.5 Å². The number of hydrogen-bond donors (Lipinski definition) is 3. The van der Waals surface area contributed by atoms with Crippen LogP contribution in [0.4, 0.5) is 0 Å². The molecule has 3 unspecified atom stereocenters. The summed E-state index contributed by atoms with van der Waals surface area (Å²) in [7, 11) is 0. The third-order valence-electron chi connectivity index (χ3n) is 11.3. The van der Waals surface area contributed by atoms with Gasteiger partial charge in [-0.3, -0.25) is 9.59 Å². The average molecular weight is 852 g/mol. The van der Waals surface area contributed by atoms with Gasteiger partial charge in [-0.1, -0.05) is 203 Å². The molecule has 0 saturated carbocycles. The third kappa shape index (κ3) is 43.7. The topological polar surface area (TPSA) is 95.9 Å². The van der Waals surface area contributed by atoms with E-state index < -0.39 is 18.2 Å². The van der Waals surface area contributed by atoms with Crippen LogP contribution >= 0.6 is 0 Å². The first-order chi connectivity index (χ1) is 30.0. The summed E-state index contributed by atoms with van der Waals surface area (Å²) in [6.45, 7) is 6.32. The van der Waals surface area contributed by atoms with E-state index in [0.717, 1.165) is 109 Å². The highest BCUT2D eigenvalue weighted by atomic mass is 16.5. The molecule has 0 spiro atoms. The predicted octanol–water partition coefficient (Wildman–Crippen LogP) is 15.4. The van der Waals surface area contributed by atoms with E-state index in [1.54, 1.807) is 0 Å². The maximum atomic E-state index is 13.2. The Kier molecular flexibility index (Phi) is 46.2. The summed E-state index contributed by atoms with van der Waals surface area (Å²) in [5.41, 5.74) is 0. The fourth-order valence-corrected chi connectivity index (χ4v) is 7.39. The summed E-state index contributed by atoms with van der Waals surface area (Å²) in [6, 6.07) is -0.715. The van der Waals surface area contributed by atoms with E-state index >= 15 is 0 Å². The Morgan fingerprint density at radius 3 is 1.38 bits per heavy atom. The van der Waals surface area contributed by atoms with E-state index in [0.29, 0.717) is 19.3 Å². The Labute approximate surface area is 377 Å². The number of nitrogens with one attached hydrogen (secondary N) is 1. The number of allylic oxidation sites excluding steroid dienone is 12. The number of ether oxygens (including phenoxy) is 1. The van der Waals surface area contributed by atoms with Crippen LogP contribution < -0.4 is 5.32 Å². The van der Waals surface area contributed by atoms with Crippen molar-refractivity contribution in [1.29, 1.82) is 0 Å². The Morgan fingerprint density at radius 2 is 0.885 bits per heavy atom. The fraction of sp³-hybridized carbons (Fsp3) is 0.745. The molecule has 0 aliphatic rings. The van der Waals surface area contributed by atoms with Crippen molar-refractivity contribution in [2.45, 2.75) is 257 Å². The number of aliphatic hydroxyl groups is 2. The average Bonchev–Trinajstić information content (AvgIpc) is 3.25. The minimum Gasteiger partial charge on any atom is -0.462 e. The van der Waals surface area contributed by atoms with Gasteiger partial charge in [0.05, 0.1) is 25.2 Å². The van der Waals surface area contributed by atoms with Crippen LogP contribution in [-0.4, -0.2) is 46.9 Å².